The van der Waals surface area contributed by atoms with Crippen molar-refractivity contribution in [2.45, 2.75) is 33.8 Å². The first-order chi connectivity index (χ1) is 13.3. The zero-order valence-electron chi connectivity index (χ0n) is 16.8. The van der Waals surface area contributed by atoms with Gasteiger partial charge in [-0.15, -0.1) is 0 Å². The predicted molar refractivity (Wildman–Crippen MR) is 107 cm³/mol. The van der Waals surface area contributed by atoms with E-state index < -0.39 is 0 Å². The first-order valence-electron chi connectivity index (χ1n) is 9.52. The molecule has 2 heterocycles. The van der Waals surface area contributed by atoms with Gasteiger partial charge in [-0.1, -0.05) is 0 Å². The van der Waals surface area contributed by atoms with Crippen LogP contribution in [0.15, 0.2) is 34.7 Å². The Balaban J connectivity index is 1.52. The van der Waals surface area contributed by atoms with Crippen molar-refractivity contribution in [1.82, 2.24) is 9.80 Å². The number of amides is 3. The number of hydrogen-bond acceptors (Lipinski definition) is 4. The first kappa shape index (κ1) is 19.8. The van der Waals surface area contributed by atoms with Gasteiger partial charge >= 0.3 is 6.03 Å². The van der Waals surface area contributed by atoms with Crippen LogP contribution in [0.1, 0.15) is 35.7 Å². The molecular weight excluding hydrogens is 358 g/mol. The first-order valence-corrected chi connectivity index (χ1v) is 9.52. The molecule has 1 aromatic carbocycles. The van der Waals surface area contributed by atoms with Crippen LogP contribution in [0.5, 0.6) is 5.75 Å². The molecule has 2 aromatic rings. The summed E-state index contributed by atoms with van der Waals surface area (Å²) in [5.41, 5.74) is 1.31. The highest BCUT2D eigenvalue weighted by Crippen LogP contribution is 2.19. The standard InChI is InChI=1S/C21H27N3O4/c1-14(2)27-18-7-5-17(6-8-18)22-21(26)24-11-9-23(10-12-24)20(25)19-13-15(3)28-16(19)4/h5-8,13-14H,9-12H2,1-4H3,(H,22,26). The van der Waals surface area contributed by atoms with Crippen molar-refractivity contribution >= 4 is 17.6 Å². The van der Waals surface area contributed by atoms with E-state index in [2.05, 4.69) is 5.32 Å². The zero-order chi connectivity index (χ0) is 20.3. The molecule has 1 N–H and O–H groups in total. The second-order valence-electron chi connectivity index (χ2n) is 7.23. The van der Waals surface area contributed by atoms with E-state index in [1.165, 1.54) is 0 Å². The Bertz CT molecular complexity index is 834. The third-order valence-corrected chi connectivity index (χ3v) is 4.60. The van der Waals surface area contributed by atoms with Gasteiger partial charge in [-0.3, -0.25) is 4.79 Å². The van der Waals surface area contributed by atoms with Crippen molar-refractivity contribution in [3.63, 3.8) is 0 Å². The molecule has 0 spiro atoms. The molecule has 0 aliphatic carbocycles. The Hall–Kier alpha value is -2.96. The molecule has 1 aliphatic rings. The van der Waals surface area contributed by atoms with Crippen LogP contribution in [0.4, 0.5) is 10.5 Å². The summed E-state index contributed by atoms with van der Waals surface area (Å²) < 4.78 is 11.1. The number of nitrogens with one attached hydrogen (secondary N) is 1. The number of urea groups is 1. The van der Waals surface area contributed by atoms with Gasteiger partial charge in [0.1, 0.15) is 17.3 Å². The van der Waals surface area contributed by atoms with E-state index in [9.17, 15) is 9.59 Å². The van der Waals surface area contributed by atoms with Gasteiger partial charge in [0.15, 0.2) is 0 Å². The van der Waals surface area contributed by atoms with Crippen LogP contribution in [0, 0.1) is 13.8 Å². The number of anilines is 1. The number of furan rings is 1. The second-order valence-corrected chi connectivity index (χ2v) is 7.23. The molecule has 3 amide bonds. The average molecular weight is 385 g/mol. The van der Waals surface area contributed by atoms with E-state index in [1.54, 1.807) is 22.8 Å². The molecule has 1 fully saturated rings. The lowest BCUT2D eigenvalue weighted by molar-refractivity contribution is 0.0670. The van der Waals surface area contributed by atoms with Crippen LogP contribution < -0.4 is 10.1 Å². The number of hydrogen-bond donors (Lipinski definition) is 1. The average Bonchev–Trinajstić information content (AvgIpc) is 3.00. The molecular formula is C21H27N3O4. The van der Waals surface area contributed by atoms with Gasteiger partial charge in [-0.25, -0.2) is 4.79 Å². The fraction of sp³-hybridized carbons (Fsp3) is 0.429. The van der Waals surface area contributed by atoms with Gasteiger partial charge in [0.05, 0.1) is 11.7 Å². The number of carbonyl (C=O) groups excluding carboxylic acids is 2. The minimum Gasteiger partial charge on any atom is -0.491 e. The van der Waals surface area contributed by atoms with Gasteiger partial charge in [0, 0.05) is 31.9 Å². The summed E-state index contributed by atoms with van der Waals surface area (Å²) in [5, 5.41) is 2.89. The van der Waals surface area contributed by atoms with Crippen molar-refractivity contribution in [2.24, 2.45) is 0 Å². The summed E-state index contributed by atoms with van der Waals surface area (Å²) in [4.78, 5) is 28.6. The highest BCUT2D eigenvalue weighted by Gasteiger charge is 2.26. The monoisotopic (exact) mass is 385 g/mol. The Morgan fingerprint density at radius 2 is 1.64 bits per heavy atom. The predicted octanol–water partition coefficient (Wildman–Crippen LogP) is 3.67. The van der Waals surface area contributed by atoms with E-state index in [1.807, 2.05) is 45.0 Å². The Morgan fingerprint density at radius 3 is 2.18 bits per heavy atom. The summed E-state index contributed by atoms with van der Waals surface area (Å²) in [6.07, 6.45) is 0.106. The van der Waals surface area contributed by atoms with E-state index in [0.717, 1.165) is 11.5 Å². The fourth-order valence-electron chi connectivity index (χ4n) is 3.22. The zero-order valence-corrected chi connectivity index (χ0v) is 16.8. The summed E-state index contributed by atoms with van der Waals surface area (Å²) in [7, 11) is 0. The van der Waals surface area contributed by atoms with Gasteiger partial charge in [0.2, 0.25) is 0 Å². The summed E-state index contributed by atoms with van der Waals surface area (Å²) in [6.45, 7) is 9.53. The molecule has 7 heteroatoms. The quantitative estimate of drug-likeness (QED) is 0.871. The largest absolute Gasteiger partial charge is 0.491 e. The molecule has 0 bridgehead atoms. The van der Waals surface area contributed by atoms with Crippen LogP contribution in [0.3, 0.4) is 0 Å². The number of carbonyl (C=O) groups is 2. The number of nitrogens with zero attached hydrogens (tertiary/aromatic N) is 2. The van der Waals surface area contributed by atoms with Crippen molar-refractivity contribution < 1.29 is 18.7 Å². The molecule has 0 unspecified atom stereocenters. The van der Waals surface area contributed by atoms with E-state index in [-0.39, 0.29) is 18.0 Å². The van der Waals surface area contributed by atoms with E-state index >= 15 is 0 Å². The highest BCUT2D eigenvalue weighted by atomic mass is 16.5. The van der Waals surface area contributed by atoms with Crippen LogP contribution >= 0.6 is 0 Å². The molecule has 1 aromatic heterocycles. The van der Waals surface area contributed by atoms with Crippen molar-refractivity contribution in [1.29, 1.82) is 0 Å². The van der Waals surface area contributed by atoms with Crippen molar-refractivity contribution in [3.05, 3.63) is 47.4 Å². The maximum absolute atomic E-state index is 12.6. The van der Waals surface area contributed by atoms with Crippen LogP contribution in [0.2, 0.25) is 0 Å². The maximum atomic E-state index is 12.6. The second kappa shape index (κ2) is 8.37. The lowest BCUT2D eigenvalue weighted by Crippen LogP contribution is -2.51. The topological polar surface area (TPSA) is 75.0 Å². The van der Waals surface area contributed by atoms with Gasteiger partial charge in [0.25, 0.3) is 5.91 Å². The number of benzene rings is 1. The van der Waals surface area contributed by atoms with Crippen LogP contribution in [-0.2, 0) is 0 Å². The molecule has 150 valence electrons. The molecule has 3 rings (SSSR count). The number of ether oxygens (including phenoxy) is 1. The summed E-state index contributed by atoms with van der Waals surface area (Å²) in [6, 6.07) is 8.91. The molecule has 0 saturated carbocycles. The number of aryl methyl sites for hydroxylation is 2. The summed E-state index contributed by atoms with van der Waals surface area (Å²) in [5.74, 6) is 2.08. The van der Waals surface area contributed by atoms with E-state index in [4.69, 9.17) is 9.15 Å². The van der Waals surface area contributed by atoms with Crippen LogP contribution in [-0.4, -0.2) is 54.0 Å². The molecule has 1 saturated heterocycles. The molecule has 0 radical (unpaired) electrons. The van der Waals surface area contributed by atoms with E-state index in [0.29, 0.717) is 43.2 Å². The maximum Gasteiger partial charge on any atom is 0.321 e. The third kappa shape index (κ3) is 4.65. The molecule has 28 heavy (non-hydrogen) atoms. The van der Waals surface area contributed by atoms with Crippen LogP contribution in [0.25, 0.3) is 0 Å². The smallest absolute Gasteiger partial charge is 0.321 e. The highest BCUT2D eigenvalue weighted by molar-refractivity contribution is 5.95. The number of piperazine rings is 1. The lowest BCUT2D eigenvalue weighted by atomic mass is 10.2. The summed E-state index contributed by atoms with van der Waals surface area (Å²) >= 11 is 0. The van der Waals surface area contributed by atoms with Crippen molar-refractivity contribution in [3.8, 4) is 5.75 Å². The minimum absolute atomic E-state index is 0.0462. The lowest BCUT2D eigenvalue weighted by Gasteiger charge is -2.34. The number of rotatable bonds is 4. The molecule has 7 nitrogen and oxygen atoms in total. The SMILES string of the molecule is Cc1cc(C(=O)N2CCN(C(=O)Nc3ccc(OC(C)C)cc3)CC2)c(C)o1. The molecule has 0 atom stereocenters. The Morgan fingerprint density at radius 1 is 1.04 bits per heavy atom. The molecule has 1 aliphatic heterocycles. The normalized spacial score (nSPS) is 14.3. The van der Waals surface area contributed by atoms with Gasteiger partial charge in [-0.05, 0) is 58.0 Å². The fourth-order valence-corrected chi connectivity index (χ4v) is 3.22. The van der Waals surface area contributed by atoms with Gasteiger partial charge < -0.3 is 24.3 Å². The third-order valence-electron chi connectivity index (χ3n) is 4.60. The minimum atomic E-state index is -0.167. The van der Waals surface area contributed by atoms with Gasteiger partial charge in [-0.2, -0.15) is 0 Å². The Labute approximate surface area is 165 Å². The Kier molecular flexibility index (Phi) is 5.92. The van der Waals surface area contributed by atoms with Crippen molar-refractivity contribution in [2.75, 3.05) is 31.5 Å².